The van der Waals surface area contributed by atoms with Crippen LogP contribution in [0.25, 0.3) is 11.8 Å². The molecule has 0 atom stereocenters. The maximum absolute atomic E-state index is 13.3. The van der Waals surface area contributed by atoms with E-state index in [4.69, 9.17) is 14.2 Å². The number of aromatic nitrogens is 1. The third-order valence-corrected chi connectivity index (χ3v) is 6.04. The summed E-state index contributed by atoms with van der Waals surface area (Å²) < 4.78 is 17.4. The van der Waals surface area contributed by atoms with Crippen molar-refractivity contribution in [2.45, 2.75) is 13.8 Å². The number of carbonyl (C=O) groups is 4. The number of hydrogen-bond donors (Lipinski definition) is 1. The molecule has 1 aromatic heterocycles. The van der Waals surface area contributed by atoms with E-state index >= 15 is 0 Å². The van der Waals surface area contributed by atoms with Crippen molar-refractivity contribution in [3.8, 4) is 17.2 Å². The van der Waals surface area contributed by atoms with Crippen molar-refractivity contribution in [3.05, 3.63) is 76.6 Å². The maximum Gasteiger partial charge on any atom is 0.339 e. The van der Waals surface area contributed by atoms with Crippen LogP contribution in [-0.4, -0.2) is 42.3 Å². The minimum atomic E-state index is -0.863. The Morgan fingerprint density at radius 3 is 2.56 bits per heavy atom. The number of anilines is 1. The first-order valence-electron chi connectivity index (χ1n) is 11.0. The Labute approximate surface area is 205 Å². The summed E-state index contributed by atoms with van der Waals surface area (Å²) in [4.78, 5) is 51.8. The number of para-hydroxylation sites is 1. The van der Waals surface area contributed by atoms with E-state index in [-0.39, 0.29) is 18.1 Å². The molecule has 3 heterocycles. The molecular weight excluding hydrogens is 466 g/mol. The lowest BCUT2D eigenvalue weighted by atomic mass is 10.1. The van der Waals surface area contributed by atoms with Crippen LogP contribution in [0, 0.1) is 13.8 Å². The number of esters is 1. The molecular formula is C26H21N3O7. The topological polar surface area (TPSA) is 116 Å². The first kappa shape index (κ1) is 22.9. The minimum Gasteiger partial charge on any atom is -0.465 e. The predicted octanol–water partition coefficient (Wildman–Crippen LogP) is 3.28. The molecule has 5 rings (SSSR count). The molecule has 0 spiro atoms. The number of imide groups is 2. The van der Waals surface area contributed by atoms with Crippen molar-refractivity contribution >= 4 is 35.6 Å². The smallest absolute Gasteiger partial charge is 0.339 e. The zero-order valence-electron chi connectivity index (χ0n) is 19.7. The number of nitrogens with zero attached hydrogens (tertiary/aromatic N) is 2. The van der Waals surface area contributed by atoms with E-state index in [2.05, 4.69) is 5.32 Å². The fourth-order valence-electron chi connectivity index (χ4n) is 4.33. The van der Waals surface area contributed by atoms with Gasteiger partial charge < -0.3 is 18.8 Å². The molecule has 3 aromatic rings. The molecule has 36 heavy (non-hydrogen) atoms. The number of aryl methyl sites for hydroxylation is 1. The fraction of sp³-hybridized carbons (Fsp3) is 0.154. The number of methoxy groups -OCH3 is 1. The molecule has 0 bridgehead atoms. The number of rotatable bonds is 4. The van der Waals surface area contributed by atoms with Gasteiger partial charge in [-0.1, -0.05) is 12.1 Å². The molecule has 0 aliphatic carbocycles. The molecule has 1 saturated heterocycles. The molecule has 2 aliphatic rings. The van der Waals surface area contributed by atoms with Gasteiger partial charge in [-0.15, -0.1) is 0 Å². The molecule has 182 valence electrons. The molecule has 0 radical (unpaired) electrons. The summed E-state index contributed by atoms with van der Waals surface area (Å²) in [7, 11) is 1.31. The van der Waals surface area contributed by atoms with E-state index in [0.29, 0.717) is 34.0 Å². The Bertz CT molecular complexity index is 1480. The van der Waals surface area contributed by atoms with Gasteiger partial charge in [0, 0.05) is 17.5 Å². The second-order valence-electron chi connectivity index (χ2n) is 8.17. The Balaban J connectivity index is 1.56. The van der Waals surface area contributed by atoms with Crippen LogP contribution in [0.5, 0.6) is 11.5 Å². The standard InChI is InChI=1S/C26H21N3O7/c1-14-10-16(15(2)28(14)20-7-5-4-6-18(20)25(32)34-3)11-19-23(30)27-26(33)29(24(19)31)17-8-9-21-22(12-17)36-13-35-21/h4-12H,13H2,1-3H3,(H,27,30,33)/b19-11+. The highest BCUT2D eigenvalue weighted by molar-refractivity contribution is 6.39. The number of carbonyl (C=O) groups excluding carboxylic acids is 4. The van der Waals surface area contributed by atoms with Crippen LogP contribution >= 0.6 is 0 Å². The van der Waals surface area contributed by atoms with Gasteiger partial charge in [0.15, 0.2) is 11.5 Å². The van der Waals surface area contributed by atoms with Crippen LogP contribution in [0.15, 0.2) is 54.1 Å². The van der Waals surface area contributed by atoms with Gasteiger partial charge in [-0.2, -0.15) is 0 Å². The van der Waals surface area contributed by atoms with Crippen molar-refractivity contribution in [1.29, 1.82) is 0 Å². The number of nitrogens with one attached hydrogen (secondary N) is 1. The second kappa shape index (κ2) is 8.73. The third-order valence-electron chi connectivity index (χ3n) is 6.04. The van der Waals surface area contributed by atoms with Gasteiger partial charge in [-0.25, -0.2) is 14.5 Å². The Hall–Kier alpha value is -4.86. The predicted molar refractivity (Wildman–Crippen MR) is 128 cm³/mol. The molecule has 2 aromatic carbocycles. The highest BCUT2D eigenvalue weighted by atomic mass is 16.7. The average Bonchev–Trinajstić information content (AvgIpc) is 3.44. The molecule has 2 aliphatic heterocycles. The zero-order chi connectivity index (χ0) is 25.6. The van der Waals surface area contributed by atoms with Gasteiger partial charge in [0.05, 0.1) is 24.0 Å². The van der Waals surface area contributed by atoms with Gasteiger partial charge in [0.2, 0.25) is 6.79 Å². The van der Waals surface area contributed by atoms with Gasteiger partial charge in [-0.3, -0.25) is 14.9 Å². The lowest BCUT2D eigenvalue weighted by molar-refractivity contribution is -0.122. The normalized spacial score (nSPS) is 15.9. The van der Waals surface area contributed by atoms with E-state index in [0.717, 1.165) is 10.6 Å². The van der Waals surface area contributed by atoms with Crippen LogP contribution in [0.3, 0.4) is 0 Å². The third kappa shape index (κ3) is 3.68. The van der Waals surface area contributed by atoms with Gasteiger partial charge in [-0.05, 0) is 55.8 Å². The summed E-state index contributed by atoms with van der Waals surface area (Å²) in [5, 5.41) is 2.22. The number of barbiturate groups is 1. The number of urea groups is 1. The van der Waals surface area contributed by atoms with Crippen molar-refractivity contribution in [1.82, 2.24) is 9.88 Å². The van der Waals surface area contributed by atoms with Crippen molar-refractivity contribution in [2.75, 3.05) is 18.8 Å². The van der Waals surface area contributed by atoms with Crippen LogP contribution in [0.2, 0.25) is 0 Å². The van der Waals surface area contributed by atoms with E-state index in [9.17, 15) is 19.2 Å². The number of benzene rings is 2. The molecule has 1 fully saturated rings. The van der Waals surface area contributed by atoms with E-state index in [1.165, 1.54) is 25.3 Å². The van der Waals surface area contributed by atoms with Crippen LogP contribution in [-0.2, 0) is 14.3 Å². The van der Waals surface area contributed by atoms with E-state index < -0.39 is 23.8 Å². The van der Waals surface area contributed by atoms with Gasteiger partial charge in [0.1, 0.15) is 5.57 Å². The Kier molecular flexibility index (Phi) is 5.56. The number of hydrogen-bond acceptors (Lipinski definition) is 7. The quantitative estimate of drug-likeness (QED) is 0.341. The molecule has 0 saturated carbocycles. The van der Waals surface area contributed by atoms with Gasteiger partial charge >= 0.3 is 12.0 Å². The lowest BCUT2D eigenvalue weighted by Gasteiger charge is -2.26. The Morgan fingerprint density at radius 2 is 1.78 bits per heavy atom. The first-order chi connectivity index (χ1) is 17.3. The maximum atomic E-state index is 13.3. The summed E-state index contributed by atoms with van der Waals surface area (Å²) in [6, 6.07) is 12.5. The number of amides is 4. The highest BCUT2D eigenvalue weighted by Gasteiger charge is 2.37. The van der Waals surface area contributed by atoms with Gasteiger partial charge in [0.25, 0.3) is 11.8 Å². The average molecular weight is 487 g/mol. The Morgan fingerprint density at radius 1 is 1.03 bits per heavy atom. The molecule has 1 N–H and O–H groups in total. The largest absolute Gasteiger partial charge is 0.465 e. The van der Waals surface area contributed by atoms with Crippen molar-refractivity contribution in [2.24, 2.45) is 0 Å². The van der Waals surface area contributed by atoms with E-state index in [1.807, 2.05) is 11.5 Å². The second-order valence-corrected chi connectivity index (χ2v) is 8.17. The SMILES string of the molecule is COC(=O)c1ccccc1-n1c(C)cc(/C=C2\C(=O)NC(=O)N(c3ccc4c(c3)OCO4)C2=O)c1C. The van der Waals surface area contributed by atoms with Crippen LogP contribution in [0.4, 0.5) is 10.5 Å². The number of ether oxygens (including phenoxy) is 3. The van der Waals surface area contributed by atoms with Crippen LogP contribution in [0.1, 0.15) is 27.3 Å². The summed E-state index contributed by atoms with van der Waals surface area (Å²) in [6.07, 6.45) is 1.43. The lowest BCUT2D eigenvalue weighted by Crippen LogP contribution is -2.54. The first-order valence-corrected chi connectivity index (χ1v) is 11.0. The fourth-order valence-corrected chi connectivity index (χ4v) is 4.33. The zero-order valence-corrected chi connectivity index (χ0v) is 19.7. The molecule has 10 nitrogen and oxygen atoms in total. The molecule has 4 amide bonds. The minimum absolute atomic E-state index is 0.0390. The van der Waals surface area contributed by atoms with Crippen molar-refractivity contribution < 1.29 is 33.4 Å². The van der Waals surface area contributed by atoms with Crippen LogP contribution < -0.4 is 19.7 Å². The molecule has 0 unspecified atom stereocenters. The molecule has 10 heteroatoms. The monoisotopic (exact) mass is 487 g/mol. The highest BCUT2D eigenvalue weighted by Crippen LogP contribution is 2.36. The van der Waals surface area contributed by atoms with E-state index in [1.54, 1.807) is 43.3 Å². The summed E-state index contributed by atoms with van der Waals surface area (Å²) in [5.74, 6) is -1.18. The summed E-state index contributed by atoms with van der Waals surface area (Å²) in [5.41, 5.74) is 3.01. The summed E-state index contributed by atoms with van der Waals surface area (Å²) >= 11 is 0. The number of fused-ring (bicyclic) bond motifs is 1. The van der Waals surface area contributed by atoms with Crippen molar-refractivity contribution in [3.63, 3.8) is 0 Å². The summed E-state index contributed by atoms with van der Waals surface area (Å²) in [6.45, 7) is 3.69.